The number of fused-ring (bicyclic) bond motifs is 1. The molecule has 0 saturated carbocycles. The number of benzene rings is 1. The minimum absolute atomic E-state index is 0.472. The summed E-state index contributed by atoms with van der Waals surface area (Å²) in [6.07, 6.45) is 0. The van der Waals surface area contributed by atoms with Crippen molar-refractivity contribution in [3.63, 3.8) is 0 Å². The van der Waals surface area contributed by atoms with E-state index in [9.17, 15) is 0 Å². The molecule has 0 bridgehead atoms. The van der Waals surface area contributed by atoms with Crippen molar-refractivity contribution in [3.05, 3.63) is 23.2 Å². The molecule has 0 amide bonds. The zero-order valence-electron chi connectivity index (χ0n) is 8.52. The third-order valence-electron chi connectivity index (χ3n) is 2.06. The maximum absolute atomic E-state index is 4.57. The van der Waals surface area contributed by atoms with Gasteiger partial charge in [-0.1, -0.05) is 13.8 Å². The van der Waals surface area contributed by atoms with Crippen LogP contribution >= 0.6 is 23.6 Å². The molecular weight excluding hydrogens is 224 g/mol. The Balaban J connectivity index is 2.56. The molecule has 0 aliphatic heterocycles. The van der Waals surface area contributed by atoms with Crippen LogP contribution in [0.4, 0.5) is 5.69 Å². The van der Waals surface area contributed by atoms with E-state index in [1.165, 1.54) is 4.70 Å². The van der Waals surface area contributed by atoms with Crippen LogP contribution < -0.4 is 0 Å². The zero-order chi connectivity index (χ0) is 10.8. The molecule has 0 aliphatic rings. The predicted molar refractivity (Wildman–Crippen MR) is 68.4 cm³/mol. The first-order chi connectivity index (χ1) is 7.20. The molecule has 0 unspecified atom stereocenters. The number of nitrogens with zero attached hydrogens (tertiary/aromatic N) is 2. The summed E-state index contributed by atoms with van der Waals surface area (Å²) in [7, 11) is 0. The van der Waals surface area contributed by atoms with E-state index in [1.807, 2.05) is 18.2 Å². The van der Waals surface area contributed by atoms with Crippen molar-refractivity contribution < 1.29 is 0 Å². The molecule has 1 heterocycles. The van der Waals surface area contributed by atoms with Gasteiger partial charge in [-0.05, 0) is 30.4 Å². The molecule has 15 heavy (non-hydrogen) atoms. The second kappa shape index (κ2) is 4.19. The number of hydrogen-bond donors (Lipinski definition) is 0. The summed E-state index contributed by atoms with van der Waals surface area (Å²) in [6, 6.07) is 5.91. The lowest BCUT2D eigenvalue weighted by Gasteiger charge is -1.94. The number of hydrogen-bond acceptors (Lipinski definition) is 4. The second-order valence-electron chi connectivity index (χ2n) is 3.56. The highest BCUT2D eigenvalue weighted by Gasteiger charge is 2.07. The van der Waals surface area contributed by atoms with Crippen LogP contribution in [0.15, 0.2) is 23.2 Å². The largest absolute Gasteiger partial charge is 0.241 e. The Morgan fingerprint density at radius 2 is 2.27 bits per heavy atom. The van der Waals surface area contributed by atoms with Crippen LogP contribution in [0, 0.1) is 0 Å². The number of thiazole rings is 1. The second-order valence-corrected chi connectivity index (χ2v) is 4.81. The minimum atomic E-state index is 0.472. The lowest BCUT2D eigenvalue weighted by atomic mass is 10.2. The van der Waals surface area contributed by atoms with Crippen LogP contribution in [0.5, 0.6) is 0 Å². The van der Waals surface area contributed by atoms with Gasteiger partial charge in [-0.25, -0.2) is 4.98 Å². The van der Waals surface area contributed by atoms with Gasteiger partial charge in [0.2, 0.25) is 0 Å². The fourth-order valence-corrected chi connectivity index (χ4v) is 2.36. The van der Waals surface area contributed by atoms with E-state index >= 15 is 0 Å². The molecule has 2 rings (SSSR count). The third kappa shape index (κ3) is 2.12. The van der Waals surface area contributed by atoms with Crippen LogP contribution in [0.1, 0.15) is 24.8 Å². The summed E-state index contributed by atoms with van der Waals surface area (Å²) in [5.41, 5.74) is 1.81. The van der Waals surface area contributed by atoms with E-state index in [0.29, 0.717) is 5.92 Å². The van der Waals surface area contributed by atoms with Crippen molar-refractivity contribution >= 4 is 44.6 Å². The highest BCUT2D eigenvalue weighted by molar-refractivity contribution is 7.78. The molecule has 0 fully saturated rings. The Labute approximate surface area is 97.7 Å². The molecule has 0 spiro atoms. The van der Waals surface area contributed by atoms with E-state index in [-0.39, 0.29) is 0 Å². The molecule has 1 aromatic heterocycles. The van der Waals surface area contributed by atoms with Crippen LogP contribution in [0.2, 0.25) is 0 Å². The van der Waals surface area contributed by atoms with Crippen LogP contribution in [0.25, 0.3) is 10.2 Å². The zero-order valence-corrected chi connectivity index (χ0v) is 10.2. The predicted octanol–water partition coefficient (Wildman–Crippen LogP) is 4.15. The van der Waals surface area contributed by atoms with Gasteiger partial charge in [0.15, 0.2) is 0 Å². The molecule has 0 saturated heterocycles. The first-order valence-corrected chi connectivity index (χ1v) is 5.91. The Hall–Kier alpha value is -1.09. The summed E-state index contributed by atoms with van der Waals surface area (Å²) < 4.78 is 1.20. The van der Waals surface area contributed by atoms with Crippen LogP contribution in [-0.2, 0) is 0 Å². The molecule has 2 nitrogen and oxygen atoms in total. The van der Waals surface area contributed by atoms with Gasteiger partial charge < -0.3 is 0 Å². The van der Waals surface area contributed by atoms with Crippen molar-refractivity contribution in [1.82, 2.24) is 4.98 Å². The fourth-order valence-electron chi connectivity index (χ4n) is 1.30. The topological polar surface area (TPSA) is 25.2 Å². The Morgan fingerprint density at radius 3 is 2.93 bits per heavy atom. The number of thiocarbonyl (C=S) groups is 1. The Morgan fingerprint density at radius 1 is 1.47 bits per heavy atom. The summed E-state index contributed by atoms with van der Waals surface area (Å²) in [4.78, 5) is 8.49. The van der Waals surface area contributed by atoms with Gasteiger partial charge >= 0.3 is 0 Å². The van der Waals surface area contributed by atoms with Crippen molar-refractivity contribution in [2.24, 2.45) is 4.99 Å². The molecule has 0 aliphatic carbocycles. The van der Waals surface area contributed by atoms with Crippen molar-refractivity contribution in [2.45, 2.75) is 19.8 Å². The molecule has 0 atom stereocenters. The van der Waals surface area contributed by atoms with Gasteiger partial charge in [0.05, 0.1) is 26.1 Å². The number of aliphatic imine (C=N–C) groups is 1. The molecular formula is C11H10N2S2. The molecule has 76 valence electrons. The monoisotopic (exact) mass is 234 g/mol. The molecule has 1 aromatic carbocycles. The summed E-state index contributed by atoms with van der Waals surface area (Å²) >= 11 is 6.30. The van der Waals surface area contributed by atoms with Crippen LogP contribution in [0.3, 0.4) is 0 Å². The number of isothiocyanates is 1. The average Bonchev–Trinajstić information content (AvgIpc) is 2.61. The lowest BCUT2D eigenvalue weighted by molar-refractivity contribution is 0.857. The van der Waals surface area contributed by atoms with E-state index in [1.54, 1.807) is 11.3 Å². The first-order valence-electron chi connectivity index (χ1n) is 4.69. The summed E-state index contributed by atoms with van der Waals surface area (Å²) in [5.74, 6) is 0.472. The highest BCUT2D eigenvalue weighted by atomic mass is 32.1. The maximum Gasteiger partial charge on any atom is 0.0964 e. The van der Waals surface area contributed by atoms with Crippen molar-refractivity contribution in [2.75, 3.05) is 0 Å². The van der Waals surface area contributed by atoms with Gasteiger partial charge in [0.25, 0.3) is 0 Å². The lowest BCUT2D eigenvalue weighted by Crippen LogP contribution is -1.82. The van der Waals surface area contributed by atoms with E-state index in [4.69, 9.17) is 0 Å². The van der Waals surface area contributed by atoms with Gasteiger partial charge in [-0.2, -0.15) is 4.99 Å². The summed E-state index contributed by atoms with van der Waals surface area (Å²) in [5, 5.41) is 3.52. The summed E-state index contributed by atoms with van der Waals surface area (Å²) in [6.45, 7) is 4.29. The maximum atomic E-state index is 4.57. The van der Waals surface area contributed by atoms with Gasteiger partial charge in [0.1, 0.15) is 0 Å². The van der Waals surface area contributed by atoms with E-state index in [2.05, 4.69) is 41.2 Å². The van der Waals surface area contributed by atoms with Crippen molar-refractivity contribution in [1.29, 1.82) is 0 Å². The molecule has 0 radical (unpaired) electrons. The number of aromatic nitrogens is 1. The third-order valence-corrected chi connectivity index (χ3v) is 3.48. The molecule has 2 aromatic rings. The SMILES string of the molecule is CC(C)c1nc2cc(N=C=S)ccc2s1. The normalized spacial score (nSPS) is 10.6. The quantitative estimate of drug-likeness (QED) is 0.576. The van der Waals surface area contributed by atoms with Gasteiger partial charge in [0, 0.05) is 5.92 Å². The van der Waals surface area contributed by atoms with Crippen molar-refractivity contribution in [3.8, 4) is 0 Å². The Bertz CT molecular complexity index is 537. The standard InChI is InChI=1S/C11H10N2S2/c1-7(2)11-13-9-5-8(12-6-14)3-4-10(9)15-11/h3-5,7H,1-2H3. The first kappa shape index (κ1) is 10.4. The van der Waals surface area contributed by atoms with Gasteiger partial charge in [-0.15, -0.1) is 11.3 Å². The number of rotatable bonds is 2. The average molecular weight is 234 g/mol. The van der Waals surface area contributed by atoms with Gasteiger partial charge in [-0.3, -0.25) is 0 Å². The molecule has 0 N–H and O–H groups in total. The highest BCUT2D eigenvalue weighted by Crippen LogP contribution is 2.29. The van der Waals surface area contributed by atoms with E-state index in [0.717, 1.165) is 16.2 Å². The Kier molecular flexibility index (Phi) is 2.91. The smallest absolute Gasteiger partial charge is 0.0964 e. The minimum Gasteiger partial charge on any atom is -0.241 e. The van der Waals surface area contributed by atoms with Crippen LogP contribution in [-0.4, -0.2) is 10.1 Å². The molecule has 4 heteroatoms. The van der Waals surface area contributed by atoms with E-state index < -0.39 is 0 Å². The fraction of sp³-hybridized carbons (Fsp3) is 0.273.